The Labute approximate surface area is 73.9 Å². The van der Waals surface area contributed by atoms with Crippen molar-refractivity contribution in [1.29, 1.82) is 0 Å². The van der Waals surface area contributed by atoms with Gasteiger partial charge in [-0.2, -0.15) is 0 Å². The highest BCUT2D eigenvalue weighted by Gasteiger charge is 2.14. The number of rotatable bonds is 4. The van der Waals surface area contributed by atoms with E-state index in [9.17, 15) is 0 Å². The van der Waals surface area contributed by atoms with Crippen molar-refractivity contribution in [3.63, 3.8) is 0 Å². The van der Waals surface area contributed by atoms with Crippen LogP contribution in [-0.2, 0) is 9.47 Å². The molecule has 0 bridgehead atoms. The molecule has 1 atom stereocenters. The molecule has 0 saturated carbocycles. The van der Waals surface area contributed by atoms with Crippen molar-refractivity contribution in [2.75, 3.05) is 13.2 Å². The van der Waals surface area contributed by atoms with Crippen LogP contribution in [0.1, 0.15) is 19.8 Å². The first-order chi connectivity index (χ1) is 5.79. The molecule has 0 amide bonds. The number of ether oxygens (including phenoxy) is 2. The summed E-state index contributed by atoms with van der Waals surface area (Å²) in [6, 6.07) is 0. The molecule has 0 spiro atoms. The van der Waals surface area contributed by atoms with Crippen molar-refractivity contribution < 1.29 is 9.47 Å². The Hall–Kier alpha value is -0.760. The van der Waals surface area contributed by atoms with Crippen LogP contribution in [0.2, 0.25) is 0 Å². The van der Waals surface area contributed by atoms with Gasteiger partial charge in [0.05, 0.1) is 12.4 Å². The van der Waals surface area contributed by atoms with Crippen LogP contribution in [0.4, 0.5) is 0 Å². The number of allylic oxidation sites excluding steroid dienone is 2. The molecule has 1 saturated heterocycles. The lowest BCUT2D eigenvalue weighted by Gasteiger charge is -2.07. The van der Waals surface area contributed by atoms with Gasteiger partial charge in [-0.05, 0) is 25.8 Å². The Bertz CT molecular complexity index is 167. The summed E-state index contributed by atoms with van der Waals surface area (Å²) in [5, 5.41) is 0. The number of hydrogen-bond acceptors (Lipinski definition) is 2. The van der Waals surface area contributed by atoms with Gasteiger partial charge in [0.15, 0.2) is 0 Å². The van der Waals surface area contributed by atoms with E-state index in [0.717, 1.165) is 25.0 Å². The van der Waals surface area contributed by atoms with E-state index in [2.05, 4.69) is 6.58 Å². The summed E-state index contributed by atoms with van der Waals surface area (Å²) in [6.45, 7) is 7.22. The average molecular weight is 168 g/mol. The molecule has 1 heterocycles. The van der Waals surface area contributed by atoms with E-state index in [1.165, 1.54) is 0 Å². The molecule has 2 nitrogen and oxygen atoms in total. The third kappa shape index (κ3) is 3.58. The van der Waals surface area contributed by atoms with E-state index < -0.39 is 0 Å². The predicted molar refractivity (Wildman–Crippen MR) is 48.9 cm³/mol. The molecule has 68 valence electrons. The maximum Gasteiger partial charge on any atom is 0.113 e. The van der Waals surface area contributed by atoms with E-state index in [1.54, 1.807) is 6.26 Å². The van der Waals surface area contributed by atoms with Gasteiger partial charge in [-0.1, -0.05) is 12.2 Å². The van der Waals surface area contributed by atoms with E-state index in [4.69, 9.17) is 9.47 Å². The van der Waals surface area contributed by atoms with E-state index >= 15 is 0 Å². The fourth-order valence-electron chi connectivity index (χ4n) is 1.10. The zero-order valence-corrected chi connectivity index (χ0v) is 7.58. The van der Waals surface area contributed by atoms with Gasteiger partial charge in [0, 0.05) is 6.61 Å². The molecular weight excluding hydrogens is 152 g/mol. The molecule has 1 unspecified atom stereocenters. The van der Waals surface area contributed by atoms with Crippen LogP contribution in [-0.4, -0.2) is 19.3 Å². The van der Waals surface area contributed by atoms with Crippen molar-refractivity contribution in [3.05, 3.63) is 24.5 Å². The maximum absolute atomic E-state index is 5.38. The third-order valence-corrected chi connectivity index (χ3v) is 1.75. The smallest absolute Gasteiger partial charge is 0.113 e. The molecule has 1 aliphatic rings. The van der Waals surface area contributed by atoms with Gasteiger partial charge in [0.1, 0.15) is 6.61 Å². The molecular formula is C10H16O2. The standard InChI is InChI=1S/C10H16O2/c1-9(2)5-7-11-8-10-4-3-6-12-10/h5,7,10H,1,3-4,6,8H2,2H3. The third-order valence-electron chi connectivity index (χ3n) is 1.75. The topological polar surface area (TPSA) is 18.5 Å². The molecule has 0 N–H and O–H groups in total. The fraction of sp³-hybridized carbons (Fsp3) is 0.600. The van der Waals surface area contributed by atoms with Crippen LogP contribution < -0.4 is 0 Å². The Kier molecular flexibility index (Phi) is 3.88. The van der Waals surface area contributed by atoms with Crippen LogP contribution in [0.3, 0.4) is 0 Å². The van der Waals surface area contributed by atoms with Crippen LogP contribution in [0, 0.1) is 0 Å². The Morgan fingerprint density at radius 3 is 3.17 bits per heavy atom. The quantitative estimate of drug-likeness (QED) is 0.473. The van der Waals surface area contributed by atoms with E-state index in [0.29, 0.717) is 12.7 Å². The van der Waals surface area contributed by atoms with Gasteiger partial charge in [-0.15, -0.1) is 0 Å². The van der Waals surface area contributed by atoms with Gasteiger partial charge >= 0.3 is 0 Å². The second kappa shape index (κ2) is 4.99. The minimum atomic E-state index is 0.305. The lowest BCUT2D eigenvalue weighted by molar-refractivity contribution is 0.0519. The molecule has 1 rings (SSSR count). The highest BCUT2D eigenvalue weighted by atomic mass is 16.5. The van der Waals surface area contributed by atoms with Crippen molar-refractivity contribution >= 4 is 0 Å². The van der Waals surface area contributed by atoms with Gasteiger partial charge < -0.3 is 9.47 Å². The highest BCUT2D eigenvalue weighted by Crippen LogP contribution is 2.11. The van der Waals surface area contributed by atoms with E-state index in [-0.39, 0.29) is 0 Å². The summed E-state index contributed by atoms with van der Waals surface area (Å²) in [5.41, 5.74) is 1.00. The largest absolute Gasteiger partial charge is 0.498 e. The fourth-order valence-corrected chi connectivity index (χ4v) is 1.10. The summed E-state index contributed by atoms with van der Waals surface area (Å²) in [4.78, 5) is 0. The van der Waals surface area contributed by atoms with E-state index in [1.807, 2.05) is 13.0 Å². The SMILES string of the molecule is C=C(C)C=COCC1CCCO1. The molecule has 0 aliphatic carbocycles. The van der Waals surface area contributed by atoms with Crippen molar-refractivity contribution in [2.45, 2.75) is 25.9 Å². The highest BCUT2D eigenvalue weighted by molar-refractivity contribution is 5.08. The van der Waals surface area contributed by atoms with Crippen molar-refractivity contribution in [1.82, 2.24) is 0 Å². The second-order valence-corrected chi connectivity index (χ2v) is 3.12. The molecule has 0 aromatic carbocycles. The average Bonchev–Trinajstić information content (AvgIpc) is 2.49. The molecule has 1 aliphatic heterocycles. The van der Waals surface area contributed by atoms with Crippen molar-refractivity contribution in [3.8, 4) is 0 Å². The molecule has 0 aromatic heterocycles. The zero-order valence-electron chi connectivity index (χ0n) is 7.58. The van der Waals surface area contributed by atoms with Crippen LogP contribution in [0.25, 0.3) is 0 Å². The minimum absolute atomic E-state index is 0.305. The first kappa shape index (κ1) is 9.33. The maximum atomic E-state index is 5.38. The molecule has 1 fully saturated rings. The Morgan fingerprint density at radius 2 is 2.58 bits per heavy atom. The monoisotopic (exact) mass is 168 g/mol. The zero-order chi connectivity index (χ0) is 8.81. The minimum Gasteiger partial charge on any atom is -0.498 e. The lowest BCUT2D eigenvalue weighted by atomic mass is 10.2. The van der Waals surface area contributed by atoms with Gasteiger partial charge in [0.25, 0.3) is 0 Å². The normalized spacial score (nSPS) is 23.2. The predicted octanol–water partition coefficient (Wildman–Crippen LogP) is 2.27. The van der Waals surface area contributed by atoms with Crippen LogP contribution in [0.15, 0.2) is 24.5 Å². The Balaban J connectivity index is 2.05. The molecule has 0 aromatic rings. The summed E-state index contributed by atoms with van der Waals surface area (Å²) in [7, 11) is 0. The summed E-state index contributed by atoms with van der Waals surface area (Å²) < 4.78 is 10.6. The molecule has 0 radical (unpaired) electrons. The van der Waals surface area contributed by atoms with Crippen molar-refractivity contribution in [2.24, 2.45) is 0 Å². The van der Waals surface area contributed by atoms with Gasteiger partial charge in [0.2, 0.25) is 0 Å². The number of hydrogen-bond donors (Lipinski definition) is 0. The first-order valence-corrected chi connectivity index (χ1v) is 4.34. The Morgan fingerprint density at radius 1 is 1.75 bits per heavy atom. The molecule has 2 heteroatoms. The summed E-state index contributed by atoms with van der Waals surface area (Å²) >= 11 is 0. The second-order valence-electron chi connectivity index (χ2n) is 3.12. The van der Waals surface area contributed by atoms with Gasteiger partial charge in [-0.3, -0.25) is 0 Å². The van der Waals surface area contributed by atoms with Gasteiger partial charge in [-0.25, -0.2) is 0 Å². The summed E-state index contributed by atoms with van der Waals surface area (Å²) in [5.74, 6) is 0. The van der Waals surface area contributed by atoms with Crippen LogP contribution in [0.5, 0.6) is 0 Å². The van der Waals surface area contributed by atoms with Crippen LogP contribution >= 0.6 is 0 Å². The molecule has 12 heavy (non-hydrogen) atoms. The first-order valence-electron chi connectivity index (χ1n) is 4.34. The summed E-state index contributed by atoms with van der Waals surface area (Å²) in [6.07, 6.45) is 6.14. The lowest BCUT2D eigenvalue weighted by Crippen LogP contribution is -2.11.